The van der Waals surface area contributed by atoms with Crippen LogP contribution in [0.25, 0.3) is 0 Å². The van der Waals surface area contributed by atoms with Crippen LogP contribution in [0, 0.1) is 5.82 Å². The third kappa shape index (κ3) is 4.88. The van der Waals surface area contributed by atoms with E-state index in [2.05, 4.69) is 44.6 Å². The zero-order valence-electron chi connectivity index (χ0n) is 12.3. The van der Waals surface area contributed by atoms with Crippen LogP contribution in [-0.4, -0.2) is 25.5 Å². The van der Waals surface area contributed by atoms with E-state index in [0.717, 1.165) is 29.5 Å². The van der Waals surface area contributed by atoms with Crippen LogP contribution < -0.4 is 5.32 Å². The van der Waals surface area contributed by atoms with Crippen LogP contribution in [0.1, 0.15) is 22.9 Å². The number of hydrogen-bond donors (Lipinski definition) is 1. The second kappa shape index (κ2) is 8.03. The van der Waals surface area contributed by atoms with E-state index in [4.69, 9.17) is 0 Å². The van der Waals surface area contributed by atoms with Gasteiger partial charge in [-0.2, -0.15) is 0 Å². The van der Waals surface area contributed by atoms with Crippen LogP contribution in [-0.2, 0) is 6.54 Å². The molecule has 0 bridgehead atoms. The SMILES string of the molecule is CNC(CCN(C)Cc1cc(Br)cs1)c1ccccc1F. The summed E-state index contributed by atoms with van der Waals surface area (Å²) in [6.45, 7) is 1.83. The first-order valence-corrected chi connectivity index (χ1v) is 8.60. The minimum Gasteiger partial charge on any atom is -0.313 e. The van der Waals surface area contributed by atoms with Crippen LogP contribution in [0.15, 0.2) is 40.2 Å². The van der Waals surface area contributed by atoms with Crippen molar-refractivity contribution in [1.29, 1.82) is 0 Å². The van der Waals surface area contributed by atoms with E-state index in [0.29, 0.717) is 0 Å². The maximum atomic E-state index is 13.8. The number of nitrogens with zero attached hydrogens (tertiary/aromatic N) is 1. The summed E-state index contributed by atoms with van der Waals surface area (Å²) in [6.07, 6.45) is 0.875. The highest BCUT2D eigenvalue weighted by molar-refractivity contribution is 9.10. The van der Waals surface area contributed by atoms with Crippen molar-refractivity contribution >= 4 is 27.3 Å². The normalized spacial score (nSPS) is 12.8. The Kier molecular flexibility index (Phi) is 6.36. The molecule has 0 spiro atoms. The molecule has 2 aromatic rings. The number of halogens is 2. The fourth-order valence-electron chi connectivity index (χ4n) is 2.34. The minimum atomic E-state index is -0.137. The fraction of sp³-hybridized carbons (Fsp3) is 0.375. The van der Waals surface area contributed by atoms with Gasteiger partial charge >= 0.3 is 0 Å². The molecule has 2 nitrogen and oxygen atoms in total. The third-order valence-corrected chi connectivity index (χ3v) is 5.16. The molecule has 2 rings (SSSR count). The lowest BCUT2D eigenvalue weighted by molar-refractivity contribution is 0.304. The maximum Gasteiger partial charge on any atom is 0.127 e. The molecule has 0 aliphatic heterocycles. The first kappa shape index (κ1) is 16.6. The average molecular weight is 371 g/mol. The zero-order valence-corrected chi connectivity index (χ0v) is 14.7. The minimum absolute atomic E-state index is 0.0451. The van der Waals surface area contributed by atoms with Gasteiger partial charge in [0.1, 0.15) is 5.82 Å². The monoisotopic (exact) mass is 370 g/mol. The molecule has 0 radical (unpaired) electrons. The largest absolute Gasteiger partial charge is 0.313 e. The van der Waals surface area contributed by atoms with Crippen LogP contribution in [0.4, 0.5) is 4.39 Å². The van der Waals surface area contributed by atoms with Crippen molar-refractivity contribution in [2.75, 3.05) is 20.6 Å². The van der Waals surface area contributed by atoms with Crippen molar-refractivity contribution in [3.05, 3.63) is 56.4 Å². The molecule has 0 fully saturated rings. The maximum absolute atomic E-state index is 13.8. The third-order valence-electron chi connectivity index (χ3n) is 3.48. The van der Waals surface area contributed by atoms with E-state index < -0.39 is 0 Å². The Morgan fingerprint density at radius 3 is 2.76 bits per heavy atom. The van der Waals surface area contributed by atoms with Gasteiger partial charge in [0.05, 0.1) is 0 Å². The molecule has 114 valence electrons. The molecule has 1 atom stereocenters. The Labute approximate surface area is 138 Å². The Morgan fingerprint density at radius 1 is 1.38 bits per heavy atom. The quantitative estimate of drug-likeness (QED) is 0.775. The zero-order chi connectivity index (χ0) is 15.2. The molecule has 1 unspecified atom stereocenters. The van der Waals surface area contributed by atoms with Crippen LogP contribution >= 0.6 is 27.3 Å². The van der Waals surface area contributed by atoms with Crippen LogP contribution in [0.2, 0.25) is 0 Å². The molecular formula is C16H20BrFN2S. The molecule has 0 amide bonds. The van der Waals surface area contributed by atoms with Gasteiger partial charge in [-0.25, -0.2) is 4.39 Å². The Hall–Kier alpha value is -0.750. The van der Waals surface area contributed by atoms with Crippen molar-refractivity contribution < 1.29 is 4.39 Å². The molecule has 0 aliphatic carbocycles. The van der Waals surface area contributed by atoms with Gasteiger partial charge in [0.15, 0.2) is 0 Å². The first-order valence-electron chi connectivity index (χ1n) is 6.93. The molecular weight excluding hydrogens is 351 g/mol. The van der Waals surface area contributed by atoms with E-state index in [1.54, 1.807) is 17.4 Å². The molecule has 21 heavy (non-hydrogen) atoms. The Balaban J connectivity index is 1.89. The topological polar surface area (TPSA) is 15.3 Å². The van der Waals surface area contributed by atoms with Gasteiger partial charge in [-0.05, 0) is 48.6 Å². The van der Waals surface area contributed by atoms with E-state index in [-0.39, 0.29) is 11.9 Å². The molecule has 1 N–H and O–H groups in total. The highest BCUT2D eigenvalue weighted by atomic mass is 79.9. The molecule has 1 heterocycles. The van der Waals surface area contributed by atoms with Crippen LogP contribution in [0.3, 0.4) is 0 Å². The summed E-state index contributed by atoms with van der Waals surface area (Å²) >= 11 is 5.23. The van der Waals surface area contributed by atoms with Crippen molar-refractivity contribution in [3.63, 3.8) is 0 Å². The smallest absolute Gasteiger partial charge is 0.127 e. The highest BCUT2D eigenvalue weighted by Crippen LogP contribution is 2.22. The van der Waals surface area contributed by atoms with E-state index in [1.807, 2.05) is 19.2 Å². The lowest BCUT2D eigenvalue weighted by Crippen LogP contribution is -2.25. The summed E-state index contributed by atoms with van der Waals surface area (Å²) in [6, 6.07) is 9.18. The van der Waals surface area contributed by atoms with Crippen molar-refractivity contribution in [2.45, 2.75) is 19.0 Å². The Morgan fingerprint density at radius 2 is 2.14 bits per heavy atom. The first-order chi connectivity index (χ1) is 10.1. The van der Waals surface area contributed by atoms with Gasteiger partial charge < -0.3 is 10.2 Å². The predicted octanol–water partition coefficient (Wildman–Crippen LogP) is 4.43. The Bertz CT molecular complexity index is 573. The molecule has 0 saturated carbocycles. The van der Waals surface area contributed by atoms with Crippen LogP contribution in [0.5, 0.6) is 0 Å². The second-order valence-corrected chi connectivity index (χ2v) is 7.03. The van der Waals surface area contributed by atoms with Crippen molar-refractivity contribution in [3.8, 4) is 0 Å². The predicted molar refractivity (Wildman–Crippen MR) is 91.2 cm³/mol. The number of thiophene rings is 1. The van der Waals surface area contributed by atoms with Gasteiger partial charge in [-0.15, -0.1) is 11.3 Å². The van der Waals surface area contributed by atoms with E-state index >= 15 is 0 Å². The highest BCUT2D eigenvalue weighted by Gasteiger charge is 2.14. The molecule has 0 aliphatic rings. The van der Waals surface area contributed by atoms with E-state index in [1.165, 1.54) is 10.9 Å². The van der Waals surface area contributed by atoms with Gasteiger partial charge in [-0.3, -0.25) is 0 Å². The summed E-state index contributed by atoms with van der Waals surface area (Å²) in [5.41, 5.74) is 0.743. The van der Waals surface area contributed by atoms with Crippen molar-refractivity contribution in [1.82, 2.24) is 10.2 Å². The average Bonchev–Trinajstić information content (AvgIpc) is 2.86. The van der Waals surface area contributed by atoms with Gasteiger partial charge in [0.25, 0.3) is 0 Å². The standard InChI is InChI=1S/C16H20BrFN2S/c1-19-16(14-5-3-4-6-15(14)18)7-8-20(2)10-13-9-12(17)11-21-13/h3-6,9,11,16,19H,7-8,10H2,1-2H3. The summed E-state index contributed by atoms with van der Waals surface area (Å²) in [7, 11) is 3.98. The lowest BCUT2D eigenvalue weighted by Gasteiger charge is -2.21. The summed E-state index contributed by atoms with van der Waals surface area (Å²) < 4.78 is 15.0. The number of rotatable bonds is 7. The van der Waals surface area contributed by atoms with Gasteiger partial charge in [0, 0.05) is 39.4 Å². The number of benzene rings is 1. The lowest BCUT2D eigenvalue weighted by atomic mass is 10.0. The second-order valence-electron chi connectivity index (χ2n) is 5.12. The van der Waals surface area contributed by atoms with Crippen molar-refractivity contribution in [2.24, 2.45) is 0 Å². The fourth-order valence-corrected chi connectivity index (χ4v) is 3.87. The molecule has 1 aromatic heterocycles. The molecule has 0 saturated heterocycles. The molecule has 1 aromatic carbocycles. The van der Waals surface area contributed by atoms with E-state index in [9.17, 15) is 4.39 Å². The van der Waals surface area contributed by atoms with Gasteiger partial charge in [0.2, 0.25) is 0 Å². The number of nitrogens with one attached hydrogen (secondary N) is 1. The number of hydrogen-bond acceptors (Lipinski definition) is 3. The summed E-state index contributed by atoms with van der Waals surface area (Å²) in [4.78, 5) is 3.60. The van der Waals surface area contributed by atoms with Gasteiger partial charge in [-0.1, -0.05) is 18.2 Å². The molecule has 5 heteroatoms. The summed E-state index contributed by atoms with van der Waals surface area (Å²) in [5, 5.41) is 5.31. The summed E-state index contributed by atoms with van der Waals surface area (Å²) in [5.74, 6) is -0.137.